The van der Waals surface area contributed by atoms with Gasteiger partial charge in [-0.25, -0.2) is 9.97 Å². The Bertz CT molecular complexity index is 1230. The van der Waals surface area contributed by atoms with Crippen molar-refractivity contribution in [2.24, 2.45) is 10.9 Å². The predicted molar refractivity (Wildman–Crippen MR) is 134 cm³/mol. The molecule has 3 aromatic rings. The molecule has 0 bridgehead atoms. The van der Waals surface area contributed by atoms with Crippen molar-refractivity contribution in [1.82, 2.24) is 19.9 Å². The number of amides is 1. The molecule has 8 nitrogen and oxygen atoms in total. The van der Waals surface area contributed by atoms with Crippen molar-refractivity contribution >= 4 is 40.4 Å². The molecule has 0 radical (unpaired) electrons. The van der Waals surface area contributed by atoms with Gasteiger partial charge in [0.05, 0.1) is 11.4 Å². The Kier molecular flexibility index (Phi) is 6.67. The summed E-state index contributed by atoms with van der Waals surface area (Å²) in [7, 11) is 1.87. The zero-order chi connectivity index (χ0) is 23.3. The minimum absolute atomic E-state index is 0.00937. The van der Waals surface area contributed by atoms with E-state index in [-0.39, 0.29) is 5.91 Å². The third-order valence-corrected chi connectivity index (χ3v) is 6.45. The first kappa shape index (κ1) is 22.3. The van der Waals surface area contributed by atoms with Gasteiger partial charge in [-0.3, -0.25) is 9.79 Å². The molecule has 2 N–H and O–H groups in total. The van der Waals surface area contributed by atoms with Gasteiger partial charge in [0.25, 0.3) is 5.91 Å². The summed E-state index contributed by atoms with van der Waals surface area (Å²) in [5, 5.41) is 4.23. The molecule has 1 fully saturated rings. The summed E-state index contributed by atoms with van der Waals surface area (Å²) >= 11 is 0. The molecule has 0 atom stereocenters. The van der Waals surface area contributed by atoms with Gasteiger partial charge in [-0.05, 0) is 68.4 Å². The number of carbonyl (C=O) groups is 1. The van der Waals surface area contributed by atoms with Gasteiger partial charge in [0.15, 0.2) is 0 Å². The number of aromatic amines is 1. The van der Waals surface area contributed by atoms with E-state index in [1.807, 2.05) is 43.6 Å². The summed E-state index contributed by atoms with van der Waals surface area (Å²) in [6, 6.07) is 9.70. The number of carbonyl (C=O) groups excluding carboxylic acids is 1. The van der Waals surface area contributed by atoms with E-state index in [0.29, 0.717) is 17.6 Å². The maximum Gasteiger partial charge on any atom is 0.270 e. The Balaban J connectivity index is 1.26. The van der Waals surface area contributed by atoms with E-state index in [0.717, 1.165) is 79.8 Å². The molecular formula is C26H30N6O2. The lowest BCUT2D eigenvalue weighted by Gasteiger charge is -2.24. The number of aromatic nitrogens is 3. The fraction of sp³-hybridized carbons (Fsp3) is 0.385. The number of hydrogen-bond acceptors (Lipinski definition) is 6. The first-order valence-corrected chi connectivity index (χ1v) is 11.9. The second-order valence-electron chi connectivity index (χ2n) is 8.93. The summed E-state index contributed by atoms with van der Waals surface area (Å²) in [6.45, 7) is 2.42. The average Bonchev–Trinajstić information content (AvgIpc) is 3.31. The lowest BCUT2D eigenvalue weighted by molar-refractivity contribution is 0.0582. The highest BCUT2D eigenvalue weighted by atomic mass is 16.5. The van der Waals surface area contributed by atoms with Gasteiger partial charge in [0.2, 0.25) is 5.95 Å². The number of aliphatic imine (C=N–C) groups is 1. The number of rotatable bonds is 7. The molecule has 176 valence electrons. The standard InChI is InChI=1S/C26H30N6O2/c1-32(13-8-18-9-14-34-15-10-18)25(33)24-17-19-16-20(5-6-21(19)30-24)29-26-28-12-7-23(31-26)22-4-2-3-11-27-22/h4-7,11-12,16-18,30H,2-3,8-10,13-15H2,1H3,(H,28,29,31). The lowest BCUT2D eigenvalue weighted by atomic mass is 9.96. The Hall–Kier alpha value is -3.52. The number of allylic oxidation sites excluding steroid dienone is 1. The van der Waals surface area contributed by atoms with Crippen LogP contribution in [0.2, 0.25) is 0 Å². The van der Waals surface area contributed by atoms with Crippen molar-refractivity contribution in [3.05, 3.63) is 54.0 Å². The van der Waals surface area contributed by atoms with Crippen molar-refractivity contribution in [1.29, 1.82) is 0 Å². The lowest BCUT2D eigenvalue weighted by Crippen LogP contribution is -2.30. The first-order valence-electron chi connectivity index (χ1n) is 11.9. The second kappa shape index (κ2) is 10.2. The van der Waals surface area contributed by atoms with Gasteiger partial charge in [0, 0.05) is 55.8 Å². The Morgan fingerprint density at radius 2 is 2.09 bits per heavy atom. The molecule has 1 aromatic carbocycles. The largest absolute Gasteiger partial charge is 0.381 e. The SMILES string of the molecule is CN(CCC1CCOCC1)C(=O)c1cc2cc(Nc3nccc(C4=CCCC=N4)n3)ccc2[nH]1. The number of ether oxygens (including phenoxy) is 1. The van der Waals surface area contributed by atoms with E-state index in [9.17, 15) is 4.79 Å². The predicted octanol–water partition coefficient (Wildman–Crippen LogP) is 4.80. The van der Waals surface area contributed by atoms with E-state index in [1.54, 1.807) is 11.1 Å². The summed E-state index contributed by atoms with van der Waals surface area (Å²) in [5.41, 5.74) is 4.05. The number of anilines is 2. The molecular weight excluding hydrogens is 428 g/mol. The van der Waals surface area contributed by atoms with E-state index in [2.05, 4.69) is 31.3 Å². The summed E-state index contributed by atoms with van der Waals surface area (Å²) in [6.07, 6.45) is 10.9. The number of nitrogens with one attached hydrogen (secondary N) is 2. The maximum atomic E-state index is 13.0. The highest BCUT2D eigenvalue weighted by Gasteiger charge is 2.18. The van der Waals surface area contributed by atoms with Gasteiger partial charge in [-0.1, -0.05) is 6.08 Å². The van der Waals surface area contributed by atoms with Crippen LogP contribution in [0.1, 0.15) is 48.3 Å². The molecule has 0 spiro atoms. The Morgan fingerprint density at radius 3 is 2.91 bits per heavy atom. The van der Waals surface area contributed by atoms with Gasteiger partial charge >= 0.3 is 0 Å². The fourth-order valence-corrected chi connectivity index (χ4v) is 4.42. The molecule has 0 unspecified atom stereocenters. The summed E-state index contributed by atoms with van der Waals surface area (Å²) < 4.78 is 5.43. The summed E-state index contributed by atoms with van der Waals surface area (Å²) in [5.74, 6) is 1.16. The van der Waals surface area contributed by atoms with Crippen LogP contribution in [0.5, 0.6) is 0 Å². The number of fused-ring (bicyclic) bond motifs is 1. The van der Waals surface area contributed by atoms with Gasteiger partial charge in [-0.2, -0.15) is 0 Å². The van der Waals surface area contributed by atoms with Crippen molar-refractivity contribution < 1.29 is 9.53 Å². The maximum absolute atomic E-state index is 13.0. The zero-order valence-electron chi connectivity index (χ0n) is 19.5. The van der Waals surface area contributed by atoms with Crippen LogP contribution >= 0.6 is 0 Å². The average molecular weight is 459 g/mol. The molecule has 0 aliphatic carbocycles. The fourth-order valence-electron chi connectivity index (χ4n) is 4.42. The number of nitrogens with zero attached hydrogens (tertiary/aromatic N) is 4. The zero-order valence-corrected chi connectivity index (χ0v) is 19.5. The van der Waals surface area contributed by atoms with Crippen molar-refractivity contribution in [2.45, 2.75) is 32.1 Å². The van der Waals surface area contributed by atoms with Crippen LogP contribution in [0.15, 0.2) is 47.6 Å². The third kappa shape index (κ3) is 5.17. The second-order valence-corrected chi connectivity index (χ2v) is 8.93. The van der Waals surface area contributed by atoms with E-state index in [1.165, 1.54) is 0 Å². The number of benzene rings is 1. The normalized spacial score (nSPS) is 16.4. The minimum atomic E-state index is 0.00937. The van der Waals surface area contributed by atoms with Crippen LogP contribution in [-0.2, 0) is 4.74 Å². The third-order valence-electron chi connectivity index (χ3n) is 6.45. The molecule has 0 saturated carbocycles. The Labute approximate surface area is 199 Å². The highest BCUT2D eigenvalue weighted by Crippen LogP contribution is 2.24. The van der Waals surface area contributed by atoms with Crippen molar-refractivity contribution in [3.8, 4) is 0 Å². The Morgan fingerprint density at radius 1 is 1.21 bits per heavy atom. The molecule has 5 rings (SSSR count). The minimum Gasteiger partial charge on any atom is -0.381 e. The molecule has 1 amide bonds. The first-order chi connectivity index (χ1) is 16.7. The monoisotopic (exact) mass is 458 g/mol. The van der Waals surface area contributed by atoms with Gasteiger partial charge in [-0.15, -0.1) is 0 Å². The molecule has 1 saturated heterocycles. The molecule has 8 heteroatoms. The van der Waals surface area contributed by atoms with Crippen LogP contribution in [0.25, 0.3) is 16.6 Å². The van der Waals surface area contributed by atoms with Crippen LogP contribution in [0.4, 0.5) is 11.6 Å². The van der Waals surface area contributed by atoms with Gasteiger partial charge in [0.1, 0.15) is 5.69 Å². The molecule has 34 heavy (non-hydrogen) atoms. The van der Waals surface area contributed by atoms with Crippen LogP contribution < -0.4 is 5.32 Å². The van der Waals surface area contributed by atoms with Gasteiger partial charge < -0.3 is 19.9 Å². The van der Waals surface area contributed by atoms with E-state index < -0.39 is 0 Å². The molecule has 2 aliphatic rings. The quantitative estimate of drug-likeness (QED) is 0.530. The van der Waals surface area contributed by atoms with Crippen LogP contribution in [0.3, 0.4) is 0 Å². The summed E-state index contributed by atoms with van der Waals surface area (Å²) in [4.78, 5) is 31.4. The number of H-pyrrole nitrogens is 1. The highest BCUT2D eigenvalue weighted by molar-refractivity contribution is 5.98. The molecule has 2 aliphatic heterocycles. The van der Waals surface area contributed by atoms with Crippen LogP contribution in [-0.4, -0.2) is 58.8 Å². The topological polar surface area (TPSA) is 95.5 Å². The van der Waals surface area contributed by atoms with Crippen molar-refractivity contribution in [2.75, 3.05) is 32.1 Å². The van der Waals surface area contributed by atoms with Crippen molar-refractivity contribution in [3.63, 3.8) is 0 Å². The number of hydrogen-bond donors (Lipinski definition) is 2. The molecule has 2 aromatic heterocycles. The van der Waals surface area contributed by atoms with Crippen LogP contribution in [0, 0.1) is 5.92 Å². The molecule has 4 heterocycles. The van der Waals surface area contributed by atoms with E-state index in [4.69, 9.17) is 4.74 Å². The smallest absolute Gasteiger partial charge is 0.270 e. The van der Waals surface area contributed by atoms with E-state index >= 15 is 0 Å².